The molecule has 0 atom stereocenters. The lowest BCUT2D eigenvalue weighted by Gasteiger charge is -2.05. The first kappa shape index (κ1) is 9.64. The maximum absolute atomic E-state index is 5.27. The summed E-state index contributed by atoms with van der Waals surface area (Å²) in [5, 5.41) is 1.13. The Bertz CT molecular complexity index is 464. The number of H-pyrrole nitrogens is 1. The van der Waals surface area contributed by atoms with Crippen molar-refractivity contribution in [2.45, 2.75) is 0 Å². The minimum absolute atomic E-state index is 0.808. The van der Waals surface area contributed by atoms with E-state index in [1.807, 2.05) is 18.3 Å². The molecule has 1 aromatic carbocycles. The van der Waals surface area contributed by atoms with Crippen LogP contribution in [0.2, 0.25) is 0 Å². The summed E-state index contributed by atoms with van der Waals surface area (Å²) in [5.41, 5.74) is 1.01. The number of hydrogen-bond donors (Lipinski definition) is 1. The van der Waals surface area contributed by atoms with Crippen molar-refractivity contribution in [1.82, 2.24) is 4.98 Å². The van der Waals surface area contributed by atoms with Crippen molar-refractivity contribution in [3.8, 4) is 11.5 Å². The molecule has 0 spiro atoms. The maximum atomic E-state index is 5.27. The normalized spacial score (nSPS) is 10.5. The molecule has 0 amide bonds. The van der Waals surface area contributed by atoms with E-state index < -0.39 is 0 Å². The van der Waals surface area contributed by atoms with Crippen LogP contribution in [0.5, 0.6) is 11.5 Å². The van der Waals surface area contributed by atoms with Crippen LogP contribution in [0.15, 0.2) is 18.3 Å². The molecule has 74 valence electrons. The highest BCUT2D eigenvalue weighted by atomic mass is 127. The molecule has 0 bridgehead atoms. The number of nitrogens with one attached hydrogen (secondary N) is 1. The zero-order chi connectivity index (χ0) is 10.1. The van der Waals surface area contributed by atoms with Crippen LogP contribution in [0.1, 0.15) is 0 Å². The van der Waals surface area contributed by atoms with E-state index in [1.165, 1.54) is 0 Å². The van der Waals surface area contributed by atoms with Crippen LogP contribution in [0.25, 0.3) is 10.9 Å². The Labute approximate surface area is 95.5 Å². The van der Waals surface area contributed by atoms with Crippen molar-refractivity contribution in [2.24, 2.45) is 0 Å². The highest BCUT2D eigenvalue weighted by Crippen LogP contribution is 2.32. The van der Waals surface area contributed by atoms with Crippen molar-refractivity contribution in [1.29, 1.82) is 0 Å². The molecule has 4 heteroatoms. The predicted octanol–water partition coefficient (Wildman–Crippen LogP) is 2.79. The molecule has 1 heterocycles. The zero-order valence-corrected chi connectivity index (χ0v) is 10.1. The van der Waals surface area contributed by atoms with Crippen LogP contribution in [0, 0.1) is 3.57 Å². The Morgan fingerprint density at radius 3 is 2.64 bits per heavy atom. The van der Waals surface area contributed by atoms with Gasteiger partial charge < -0.3 is 14.5 Å². The fourth-order valence-corrected chi connectivity index (χ4v) is 2.00. The number of aromatic amines is 1. The van der Waals surface area contributed by atoms with E-state index in [0.29, 0.717) is 0 Å². The second kappa shape index (κ2) is 3.68. The topological polar surface area (TPSA) is 34.2 Å². The van der Waals surface area contributed by atoms with Gasteiger partial charge in [-0.2, -0.15) is 0 Å². The molecule has 0 aliphatic carbocycles. The first-order valence-electron chi connectivity index (χ1n) is 4.15. The van der Waals surface area contributed by atoms with Gasteiger partial charge in [0.2, 0.25) is 0 Å². The third-order valence-corrected chi connectivity index (χ3v) is 3.02. The summed E-state index contributed by atoms with van der Waals surface area (Å²) in [4.78, 5) is 3.17. The minimum Gasteiger partial charge on any atom is -0.497 e. The molecular weight excluding hydrogens is 293 g/mol. The summed E-state index contributed by atoms with van der Waals surface area (Å²) in [6, 6.07) is 3.87. The molecule has 1 N–H and O–H groups in total. The molecule has 0 aliphatic heterocycles. The summed E-state index contributed by atoms with van der Waals surface area (Å²) >= 11 is 2.28. The molecule has 0 radical (unpaired) electrons. The number of aromatic nitrogens is 1. The van der Waals surface area contributed by atoms with Crippen molar-refractivity contribution < 1.29 is 9.47 Å². The number of hydrogen-bond acceptors (Lipinski definition) is 2. The Balaban J connectivity index is 2.76. The summed E-state index contributed by atoms with van der Waals surface area (Å²) < 4.78 is 11.6. The molecule has 1 aromatic heterocycles. The lowest BCUT2D eigenvalue weighted by atomic mass is 10.2. The lowest BCUT2D eigenvalue weighted by Crippen LogP contribution is -1.88. The SMILES string of the molecule is COc1cc(OC)c2[nH]cc(I)c2c1. The molecular formula is C10H10INO2. The second-order valence-electron chi connectivity index (χ2n) is 2.89. The highest BCUT2D eigenvalue weighted by Gasteiger charge is 2.08. The first-order valence-corrected chi connectivity index (χ1v) is 5.22. The highest BCUT2D eigenvalue weighted by molar-refractivity contribution is 14.1. The third-order valence-electron chi connectivity index (χ3n) is 2.13. The van der Waals surface area contributed by atoms with Crippen molar-refractivity contribution in [3.63, 3.8) is 0 Å². The Kier molecular flexibility index (Phi) is 2.54. The molecule has 0 unspecified atom stereocenters. The van der Waals surface area contributed by atoms with Gasteiger partial charge in [-0.1, -0.05) is 0 Å². The van der Waals surface area contributed by atoms with E-state index in [2.05, 4.69) is 27.6 Å². The summed E-state index contributed by atoms with van der Waals surface area (Å²) in [6.45, 7) is 0. The van der Waals surface area contributed by atoms with Crippen LogP contribution >= 0.6 is 22.6 Å². The zero-order valence-electron chi connectivity index (χ0n) is 7.93. The summed E-state index contributed by atoms with van der Waals surface area (Å²) in [6.07, 6.45) is 1.95. The van der Waals surface area contributed by atoms with E-state index in [-0.39, 0.29) is 0 Å². The van der Waals surface area contributed by atoms with E-state index in [1.54, 1.807) is 14.2 Å². The monoisotopic (exact) mass is 303 g/mol. The summed E-state index contributed by atoms with van der Waals surface area (Å²) in [5.74, 6) is 1.62. The molecule has 0 saturated carbocycles. The van der Waals surface area contributed by atoms with Gasteiger partial charge in [-0.3, -0.25) is 0 Å². The van der Waals surface area contributed by atoms with Gasteiger partial charge in [0.05, 0.1) is 19.7 Å². The van der Waals surface area contributed by atoms with E-state index in [9.17, 15) is 0 Å². The number of halogens is 1. The van der Waals surface area contributed by atoms with Gasteiger partial charge in [0.1, 0.15) is 11.5 Å². The number of rotatable bonds is 2. The van der Waals surface area contributed by atoms with Gasteiger partial charge in [0.25, 0.3) is 0 Å². The largest absolute Gasteiger partial charge is 0.497 e. The van der Waals surface area contributed by atoms with Gasteiger partial charge in [-0.15, -0.1) is 0 Å². The van der Waals surface area contributed by atoms with Gasteiger partial charge in [0, 0.05) is 21.2 Å². The van der Waals surface area contributed by atoms with E-state index in [4.69, 9.17) is 9.47 Å². The molecule has 2 aromatic rings. The number of benzene rings is 1. The van der Waals surface area contributed by atoms with Crippen LogP contribution in [0.3, 0.4) is 0 Å². The van der Waals surface area contributed by atoms with Crippen molar-refractivity contribution in [2.75, 3.05) is 14.2 Å². The quantitative estimate of drug-likeness (QED) is 0.866. The molecule has 0 aliphatic rings. The Morgan fingerprint density at radius 1 is 1.21 bits per heavy atom. The van der Waals surface area contributed by atoms with Gasteiger partial charge in [-0.05, 0) is 28.7 Å². The van der Waals surface area contributed by atoms with E-state index >= 15 is 0 Å². The number of fused-ring (bicyclic) bond motifs is 1. The average molecular weight is 303 g/mol. The molecule has 0 fully saturated rings. The van der Waals surface area contributed by atoms with Crippen LogP contribution < -0.4 is 9.47 Å². The van der Waals surface area contributed by atoms with Gasteiger partial charge >= 0.3 is 0 Å². The number of ether oxygens (including phenoxy) is 2. The molecule has 0 saturated heterocycles. The van der Waals surface area contributed by atoms with Crippen LogP contribution in [0.4, 0.5) is 0 Å². The van der Waals surface area contributed by atoms with Crippen LogP contribution in [-0.4, -0.2) is 19.2 Å². The number of methoxy groups -OCH3 is 2. The fraction of sp³-hybridized carbons (Fsp3) is 0.200. The summed E-state index contributed by atoms with van der Waals surface area (Å²) in [7, 11) is 3.31. The minimum atomic E-state index is 0.808. The maximum Gasteiger partial charge on any atom is 0.146 e. The Hall–Kier alpha value is -0.910. The lowest BCUT2D eigenvalue weighted by molar-refractivity contribution is 0.397. The molecule has 14 heavy (non-hydrogen) atoms. The van der Waals surface area contributed by atoms with Crippen molar-refractivity contribution in [3.05, 3.63) is 21.9 Å². The van der Waals surface area contributed by atoms with Crippen molar-refractivity contribution >= 4 is 33.5 Å². The van der Waals surface area contributed by atoms with Gasteiger partial charge in [0.15, 0.2) is 0 Å². The first-order chi connectivity index (χ1) is 6.76. The fourth-order valence-electron chi connectivity index (χ4n) is 1.42. The molecule has 2 rings (SSSR count). The standard InChI is InChI=1S/C10H10INO2/c1-13-6-3-7-8(11)5-12-10(7)9(4-6)14-2/h3-5,12H,1-2H3. The molecule has 3 nitrogen and oxygen atoms in total. The smallest absolute Gasteiger partial charge is 0.146 e. The van der Waals surface area contributed by atoms with Crippen LogP contribution in [-0.2, 0) is 0 Å². The average Bonchev–Trinajstić information content (AvgIpc) is 2.59. The third kappa shape index (κ3) is 1.43. The second-order valence-corrected chi connectivity index (χ2v) is 4.05. The predicted molar refractivity (Wildman–Crippen MR) is 64.1 cm³/mol. The Morgan fingerprint density at radius 2 is 2.00 bits per heavy atom. The van der Waals surface area contributed by atoms with Gasteiger partial charge in [-0.25, -0.2) is 0 Å². The van der Waals surface area contributed by atoms with E-state index in [0.717, 1.165) is 26.0 Å².